The highest BCUT2D eigenvalue weighted by Crippen LogP contribution is 2.75. The summed E-state index contributed by atoms with van der Waals surface area (Å²) in [5.74, 6) is -8.64. The molecule has 7 rings (SSSR count). The van der Waals surface area contributed by atoms with Gasteiger partial charge in [-0.05, 0) is 54.5 Å². The SMILES string of the molecule is CC(=O)O[C@H]1C(=O)[C@]23C[C@H]2C[C@H]2OO[C@@]2(OC(C)=O)[C@H]3[C@H](OC(=O)c2ccccc2)[C@]2(O)C[C@H](OC(=O)[C@H](O)[C@@H](NC(=O)C(C)(C)C)c3ccccc3)C(C)=C1C2(C)C. The van der Waals surface area contributed by atoms with Crippen molar-refractivity contribution in [1.82, 2.24) is 5.32 Å². The van der Waals surface area contributed by atoms with Crippen LogP contribution in [0.1, 0.15) is 96.6 Å². The lowest BCUT2D eigenvalue weighted by Crippen LogP contribution is -2.77. The molecule has 2 aromatic rings. The molecule has 4 fully saturated rings. The minimum absolute atomic E-state index is 0.105. The molecule has 11 atom stereocenters. The molecule has 1 aliphatic heterocycles. The van der Waals surface area contributed by atoms with Crippen molar-refractivity contribution in [3.8, 4) is 0 Å². The number of rotatable bonds is 9. The maximum atomic E-state index is 15.4. The fraction of sp³-hybridized carbons (Fsp3) is 0.545. The van der Waals surface area contributed by atoms with Gasteiger partial charge in [0.05, 0.1) is 17.5 Å². The van der Waals surface area contributed by atoms with Gasteiger partial charge in [0.25, 0.3) is 5.79 Å². The Kier molecular flexibility index (Phi) is 10.5. The number of ether oxygens (including phenoxy) is 4. The van der Waals surface area contributed by atoms with Crippen molar-refractivity contribution in [2.45, 2.75) is 123 Å². The van der Waals surface area contributed by atoms with E-state index in [9.17, 15) is 34.2 Å². The van der Waals surface area contributed by atoms with Crippen LogP contribution >= 0.6 is 0 Å². The summed E-state index contributed by atoms with van der Waals surface area (Å²) in [6, 6.07) is 15.1. The van der Waals surface area contributed by atoms with Crippen molar-refractivity contribution >= 4 is 35.6 Å². The van der Waals surface area contributed by atoms with Crippen LogP contribution in [0.3, 0.4) is 0 Å². The highest BCUT2D eigenvalue weighted by molar-refractivity contribution is 5.97. The Morgan fingerprint density at radius 2 is 1.53 bits per heavy atom. The van der Waals surface area contributed by atoms with E-state index in [0.29, 0.717) is 5.56 Å². The zero-order valence-electron chi connectivity index (χ0n) is 34.3. The predicted molar refractivity (Wildman–Crippen MR) is 204 cm³/mol. The second-order valence-electron chi connectivity index (χ2n) is 18.0. The van der Waals surface area contributed by atoms with Gasteiger partial charge in [0.2, 0.25) is 5.91 Å². The molecule has 0 unspecified atom stereocenters. The lowest BCUT2D eigenvalue weighted by atomic mass is 9.50. The molecule has 4 aliphatic carbocycles. The largest absolute Gasteiger partial charge is 0.456 e. The van der Waals surface area contributed by atoms with E-state index in [4.69, 9.17) is 28.7 Å². The van der Waals surface area contributed by atoms with Gasteiger partial charge in [0, 0.05) is 36.5 Å². The molecule has 1 saturated heterocycles. The molecule has 5 aliphatic rings. The first-order valence-corrected chi connectivity index (χ1v) is 19.8. The summed E-state index contributed by atoms with van der Waals surface area (Å²) in [6.07, 6.45) is -7.81. The molecule has 0 radical (unpaired) electrons. The summed E-state index contributed by atoms with van der Waals surface area (Å²) >= 11 is 0. The number of fused-ring (bicyclic) bond motifs is 4. The van der Waals surface area contributed by atoms with Crippen molar-refractivity contribution in [3.63, 3.8) is 0 Å². The van der Waals surface area contributed by atoms with Gasteiger partial charge >= 0.3 is 23.9 Å². The average Bonchev–Trinajstić information content (AvgIpc) is 3.90. The Balaban J connectivity index is 1.39. The number of Topliss-reactive ketones (excluding diaryl/α,β-unsaturated/α-hetero) is 1. The number of ketones is 1. The molecule has 15 heteroatoms. The first-order valence-electron chi connectivity index (χ1n) is 19.8. The molecular weight excluding hydrogens is 766 g/mol. The lowest BCUT2D eigenvalue weighted by molar-refractivity contribution is -0.588. The van der Waals surface area contributed by atoms with Crippen LogP contribution in [0.25, 0.3) is 0 Å². The van der Waals surface area contributed by atoms with E-state index in [2.05, 4.69) is 5.32 Å². The standard InChI is InChI=1S/C44H51NO14/c1-22-28(55-38(51)32(48)31(25-15-11-9-12-16-25)45-39(52)40(4,5)6)21-43(53)36(56-37(50)26-17-13-10-14-18-26)34-42(35(49)33(54-23(2)46)30(22)41(43,7)8)20-27(42)19-29-44(34,59-58-29)57-24(3)47/h9-18,27-29,31-34,36,48,53H,19-21H2,1-8H3,(H,45,52)/t27-,28+,29-,31+,32-,33-,34+,36+,42-,43-,44-/m1/s1. The van der Waals surface area contributed by atoms with Crippen LogP contribution in [0, 0.1) is 28.1 Å². The molecule has 316 valence electrons. The molecule has 15 nitrogen and oxygen atoms in total. The quantitative estimate of drug-likeness (QED) is 0.142. The van der Waals surface area contributed by atoms with Crippen LogP contribution in [-0.4, -0.2) is 87.7 Å². The topological polar surface area (TPSA) is 210 Å². The van der Waals surface area contributed by atoms with Crippen molar-refractivity contribution in [1.29, 1.82) is 0 Å². The number of aliphatic hydroxyl groups is 2. The molecule has 0 aromatic heterocycles. The van der Waals surface area contributed by atoms with Gasteiger partial charge < -0.3 is 34.5 Å². The minimum atomic E-state index is -2.31. The highest BCUT2D eigenvalue weighted by atomic mass is 17.3. The van der Waals surface area contributed by atoms with E-state index in [1.807, 2.05) is 0 Å². The van der Waals surface area contributed by atoms with E-state index in [1.165, 1.54) is 12.1 Å². The maximum Gasteiger partial charge on any atom is 0.338 e. The third kappa shape index (κ3) is 6.75. The van der Waals surface area contributed by atoms with E-state index in [0.717, 1.165) is 13.8 Å². The molecule has 3 saturated carbocycles. The van der Waals surface area contributed by atoms with E-state index in [1.54, 1.807) is 90.1 Å². The van der Waals surface area contributed by atoms with Gasteiger partial charge in [-0.1, -0.05) is 83.1 Å². The molecule has 2 aromatic carbocycles. The van der Waals surface area contributed by atoms with Gasteiger partial charge in [-0.2, -0.15) is 4.89 Å². The van der Waals surface area contributed by atoms with Crippen molar-refractivity contribution in [2.24, 2.45) is 28.1 Å². The third-order valence-corrected chi connectivity index (χ3v) is 13.0. The van der Waals surface area contributed by atoms with Crippen molar-refractivity contribution in [3.05, 3.63) is 82.9 Å². The molecule has 3 N–H and O–H groups in total. The van der Waals surface area contributed by atoms with E-state index in [-0.39, 0.29) is 29.6 Å². The van der Waals surface area contributed by atoms with Crippen LogP contribution in [0.15, 0.2) is 71.8 Å². The Morgan fingerprint density at radius 3 is 2.08 bits per heavy atom. The summed E-state index contributed by atoms with van der Waals surface area (Å²) in [4.78, 5) is 94.0. The normalized spacial score (nSPS) is 33.8. The second kappa shape index (κ2) is 14.6. The number of aliphatic hydroxyl groups excluding tert-OH is 1. The molecule has 1 heterocycles. The molecule has 2 bridgehead atoms. The fourth-order valence-electron chi connectivity index (χ4n) is 9.90. The first-order chi connectivity index (χ1) is 27.6. The summed E-state index contributed by atoms with van der Waals surface area (Å²) in [6.45, 7) is 12.1. The lowest BCUT2D eigenvalue weighted by Gasteiger charge is -2.62. The Morgan fingerprint density at radius 1 is 0.898 bits per heavy atom. The van der Waals surface area contributed by atoms with Gasteiger partial charge in [0.1, 0.15) is 17.8 Å². The maximum absolute atomic E-state index is 15.4. The summed E-state index contributed by atoms with van der Waals surface area (Å²) in [5.41, 5.74) is -5.45. The average molecular weight is 818 g/mol. The fourth-order valence-corrected chi connectivity index (χ4v) is 9.90. The molecule has 1 spiro atoms. The molecule has 1 amide bonds. The number of benzene rings is 2. The van der Waals surface area contributed by atoms with Crippen molar-refractivity contribution < 1.29 is 67.7 Å². The smallest absolute Gasteiger partial charge is 0.338 e. The number of nitrogens with one attached hydrogen (secondary N) is 1. The van der Waals surface area contributed by atoms with Crippen LogP contribution in [0.5, 0.6) is 0 Å². The van der Waals surface area contributed by atoms with Crippen LogP contribution in [-0.2, 0) is 52.7 Å². The van der Waals surface area contributed by atoms with Crippen LogP contribution in [0.4, 0.5) is 0 Å². The van der Waals surface area contributed by atoms with E-state index < -0.39 is 118 Å². The monoisotopic (exact) mass is 817 g/mol. The van der Waals surface area contributed by atoms with Gasteiger partial charge in [-0.3, -0.25) is 19.2 Å². The molecule has 59 heavy (non-hydrogen) atoms. The molecular formula is C44H51NO14. The van der Waals surface area contributed by atoms with Crippen molar-refractivity contribution in [2.75, 3.05) is 0 Å². The first kappa shape index (κ1) is 42.2. The second-order valence-corrected chi connectivity index (χ2v) is 18.0. The highest BCUT2D eigenvalue weighted by Gasteiger charge is 2.85. The number of carbonyl (C=O) groups excluding carboxylic acids is 6. The van der Waals surface area contributed by atoms with Gasteiger partial charge in [-0.25, -0.2) is 14.5 Å². The zero-order chi connectivity index (χ0) is 43.0. The van der Waals surface area contributed by atoms with Gasteiger partial charge in [0.15, 0.2) is 24.1 Å². The Bertz CT molecular complexity index is 2090. The number of hydrogen-bond acceptors (Lipinski definition) is 14. The Hall–Kier alpha value is -4.96. The van der Waals surface area contributed by atoms with Crippen LogP contribution < -0.4 is 5.32 Å². The summed E-state index contributed by atoms with van der Waals surface area (Å²) in [7, 11) is 0. The summed E-state index contributed by atoms with van der Waals surface area (Å²) < 4.78 is 24.3. The number of carbonyl (C=O) groups is 6. The van der Waals surface area contributed by atoms with Crippen LogP contribution in [0.2, 0.25) is 0 Å². The number of amides is 1. The zero-order valence-corrected chi connectivity index (χ0v) is 34.3. The predicted octanol–water partition coefficient (Wildman–Crippen LogP) is 4.00. The number of hydrogen-bond donors (Lipinski definition) is 3. The Labute approximate surface area is 341 Å². The minimum Gasteiger partial charge on any atom is -0.456 e. The number of esters is 4. The van der Waals surface area contributed by atoms with Gasteiger partial charge in [-0.15, -0.1) is 0 Å². The third-order valence-electron chi connectivity index (χ3n) is 13.0. The summed E-state index contributed by atoms with van der Waals surface area (Å²) in [5, 5.41) is 28.0. The van der Waals surface area contributed by atoms with E-state index >= 15 is 4.79 Å².